The molecule has 0 aromatic heterocycles. The average Bonchev–Trinajstić information content (AvgIpc) is 2.46. The van der Waals surface area contributed by atoms with Crippen LogP contribution in [-0.2, 0) is 4.74 Å². The maximum atomic E-state index is 11.7. The predicted octanol–water partition coefficient (Wildman–Crippen LogP) is 3.52. The molecule has 0 aliphatic rings. The van der Waals surface area contributed by atoms with Crippen LogP contribution >= 0.6 is 11.6 Å². The van der Waals surface area contributed by atoms with Crippen molar-refractivity contribution in [3.8, 4) is 11.1 Å². The van der Waals surface area contributed by atoms with Crippen LogP contribution < -0.4 is 0 Å². The van der Waals surface area contributed by atoms with Gasteiger partial charge in [-0.2, -0.15) is 0 Å². The second-order valence-corrected chi connectivity index (χ2v) is 4.20. The Bertz CT molecular complexity index is 635. The topological polar surface area (TPSA) is 43.4 Å². The van der Waals surface area contributed by atoms with Gasteiger partial charge in [0.1, 0.15) is 0 Å². The molecule has 0 heterocycles. The van der Waals surface area contributed by atoms with Gasteiger partial charge in [0.15, 0.2) is 0 Å². The minimum atomic E-state index is -0.560. The van der Waals surface area contributed by atoms with E-state index in [1.165, 1.54) is 7.11 Å². The summed E-state index contributed by atoms with van der Waals surface area (Å²) in [5.74, 6) is -0.451. The second kappa shape index (κ2) is 5.67. The molecule has 0 aliphatic heterocycles. The zero-order valence-electron chi connectivity index (χ0n) is 10.2. The van der Waals surface area contributed by atoms with Crippen LogP contribution in [0.4, 0.5) is 0 Å². The molecule has 4 heteroatoms. The average molecular weight is 275 g/mol. The highest BCUT2D eigenvalue weighted by molar-refractivity contribution is 6.68. The summed E-state index contributed by atoms with van der Waals surface area (Å²) in [4.78, 5) is 23.2. The van der Waals surface area contributed by atoms with E-state index in [-0.39, 0.29) is 0 Å². The summed E-state index contributed by atoms with van der Waals surface area (Å²) in [5.41, 5.74) is 2.00. The first-order valence-corrected chi connectivity index (χ1v) is 5.99. The largest absolute Gasteiger partial charge is 0.465 e. The van der Waals surface area contributed by atoms with Gasteiger partial charge in [-0.05, 0) is 34.9 Å². The van der Waals surface area contributed by atoms with E-state index in [0.29, 0.717) is 22.3 Å². The minimum absolute atomic E-state index is 0.362. The quantitative estimate of drug-likeness (QED) is 0.635. The van der Waals surface area contributed by atoms with Crippen molar-refractivity contribution < 1.29 is 14.3 Å². The van der Waals surface area contributed by atoms with Gasteiger partial charge >= 0.3 is 5.97 Å². The summed E-state index contributed by atoms with van der Waals surface area (Å²) >= 11 is 5.57. The zero-order valence-corrected chi connectivity index (χ0v) is 11.0. The van der Waals surface area contributed by atoms with Crippen molar-refractivity contribution in [1.29, 1.82) is 0 Å². The number of carbonyl (C=O) groups is 2. The molecule has 0 radical (unpaired) electrons. The van der Waals surface area contributed by atoms with Crippen molar-refractivity contribution in [3.05, 3.63) is 59.7 Å². The van der Waals surface area contributed by atoms with Crippen LogP contribution in [0.15, 0.2) is 48.5 Å². The minimum Gasteiger partial charge on any atom is -0.465 e. The number of carbonyl (C=O) groups excluding carboxylic acids is 2. The molecule has 2 aromatic rings. The van der Waals surface area contributed by atoms with Crippen molar-refractivity contribution in [2.75, 3.05) is 7.11 Å². The Morgan fingerprint density at radius 1 is 0.895 bits per heavy atom. The van der Waals surface area contributed by atoms with E-state index in [0.717, 1.165) is 0 Å². The molecule has 0 saturated carbocycles. The number of hydrogen-bond donors (Lipinski definition) is 0. The molecule has 3 nitrogen and oxygen atoms in total. The van der Waals surface area contributed by atoms with Gasteiger partial charge in [-0.15, -0.1) is 0 Å². The summed E-state index contributed by atoms with van der Waals surface area (Å²) in [7, 11) is 1.32. The van der Waals surface area contributed by atoms with Crippen LogP contribution in [0.25, 0.3) is 11.1 Å². The standard InChI is InChI=1S/C15H11ClO3/c1-19-15(18)13-9-5-3-7-11(13)10-6-2-4-8-12(10)14(16)17/h2-9H,1H3. The number of ether oxygens (including phenoxy) is 1. The molecule has 19 heavy (non-hydrogen) atoms. The lowest BCUT2D eigenvalue weighted by Crippen LogP contribution is -2.04. The van der Waals surface area contributed by atoms with Crippen molar-refractivity contribution in [1.82, 2.24) is 0 Å². The Morgan fingerprint density at radius 3 is 1.89 bits per heavy atom. The van der Waals surface area contributed by atoms with Crippen LogP contribution in [0.1, 0.15) is 20.7 Å². The summed E-state index contributed by atoms with van der Waals surface area (Å²) in [6.45, 7) is 0. The van der Waals surface area contributed by atoms with Gasteiger partial charge in [-0.1, -0.05) is 36.4 Å². The number of hydrogen-bond acceptors (Lipinski definition) is 3. The number of benzene rings is 2. The highest BCUT2D eigenvalue weighted by Crippen LogP contribution is 2.28. The van der Waals surface area contributed by atoms with Crippen molar-refractivity contribution >= 4 is 22.8 Å². The zero-order chi connectivity index (χ0) is 13.8. The Morgan fingerprint density at radius 2 is 1.37 bits per heavy atom. The third-order valence-corrected chi connectivity index (χ3v) is 2.96. The van der Waals surface area contributed by atoms with Crippen molar-refractivity contribution in [3.63, 3.8) is 0 Å². The fraction of sp³-hybridized carbons (Fsp3) is 0.0667. The number of halogens is 1. The molecule has 0 saturated heterocycles. The normalized spacial score (nSPS) is 10.0. The van der Waals surface area contributed by atoms with E-state index in [9.17, 15) is 9.59 Å². The lowest BCUT2D eigenvalue weighted by molar-refractivity contribution is 0.0601. The first-order valence-electron chi connectivity index (χ1n) is 5.61. The molecule has 0 atom stereocenters. The molecule has 2 rings (SSSR count). The summed E-state index contributed by atoms with van der Waals surface area (Å²) < 4.78 is 4.74. The molecule has 0 N–H and O–H groups in total. The Balaban J connectivity index is 2.66. The van der Waals surface area contributed by atoms with Crippen LogP contribution in [0, 0.1) is 0 Å². The Hall–Kier alpha value is -2.13. The van der Waals surface area contributed by atoms with E-state index in [2.05, 4.69) is 0 Å². The Labute approximate surface area is 115 Å². The van der Waals surface area contributed by atoms with Gasteiger partial charge in [-0.3, -0.25) is 4.79 Å². The molecule has 0 fully saturated rings. The molecular formula is C15H11ClO3. The van der Waals surface area contributed by atoms with E-state index >= 15 is 0 Å². The van der Waals surface area contributed by atoms with Gasteiger partial charge in [0.05, 0.1) is 12.7 Å². The summed E-state index contributed by atoms with van der Waals surface area (Å²) in [6.07, 6.45) is 0. The molecule has 0 amide bonds. The third-order valence-electron chi connectivity index (χ3n) is 2.76. The smallest absolute Gasteiger partial charge is 0.338 e. The van der Waals surface area contributed by atoms with E-state index in [1.807, 2.05) is 0 Å². The van der Waals surface area contributed by atoms with Gasteiger partial charge in [-0.25, -0.2) is 4.79 Å². The highest BCUT2D eigenvalue weighted by atomic mass is 35.5. The maximum Gasteiger partial charge on any atom is 0.338 e. The second-order valence-electron chi connectivity index (χ2n) is 3.86. The van der Waals surface area contributed by atoms with Gasteiger partial charge in [0, 0.05) is 5.56 Å². The van der Waals surface area contributed by atoms with Crippen LogP contribution in [0.5, 0.6) is 0 Å². The first-order chi connectivity index (χ1) is 9.15. The lowest BCUT2D eigenvalue weighted by Gasteiger charge is -2.10. The van der Waals surface area contributed by atoms with Gasteiger partial charge in [0.2, 0.25) is 0 Å². The summed E-state index contributed by atoms with van der Waals surface area (Å²) in [5, 5.41) is -0.560. The van der Waals surface area contributed by atoms with Crippen LogP contribution in [0.3, 0.4) is 0 Å². The fourth-order valence-corrected chi connectivity index (χ4v) is 2.06. The van der Waals surface area contributed by atoms with Crippen molar-refractivity contribution in [2.24, 2.45) is 0 Å². The lowest BCUT2D eigenvalue weighted by atomic mass is 9.96. The van der Waals surface area contributed by atoms with Gasteiger partial charge in [0.25, 0.3) is 5.24 Å². The maximum absolute atomic E-state index is 11.7. The molecule has 0 spiro atoms. The van der Waals surface area contributed by atoms with E-state index in [4.69, 9.17) is 16.3 Å². The molecule has 0 unspecified atom stereocenters. The predicted molar refractivity (Wildman–Crippen MR) is 73.4 cm³/mol. The molecular weight excluding hydrogens is 264 g/mol. The van der Waals surface area contributed by atoms with E-state index in [1.54, 1.807) is 48.5 Å². The fourth-order valence-electron chi connectivity index (χ4n) is 1.90. The molecule has 0 aliphatic carbocycles. The highest BCUT2D eigenvalue weighted by Gasteiger charge is 2.16. The van der Waals surface area contributed by atoms with Gasteiger partial charge < -0.3 is 4.74 Å². The molecule has 2 aromatic carbocycles. The Kier molecular flexibility index (Phi) is 3.97. The molecule has 96 valence electrons. The monoisotopic (exact) mass is 274 g/mol. The third kappa shape index (κ3) is 2.66. The number of methoxy groups -OCH3 is 1. The number of rotatable bonds is 3. The van der Waals surface area contributed by atoms with Crippen LogP contribution in [-0.4, -0.2) is 18.3 Å². The summed E-state index contributed by atoms with van der Waals surface area (Å²) in [6, 6.07) is 13.8. The van der Waals surface area contributed by atoms with Crippen LogP contribution in [0.2, 0.25) is 0 Å². The molecule has 0 bridgehead atoms. The van der Waals surface area contributed by atoms with E-state index < -0.39 is 11.2 Å². The number of esters is 1. The van der Waals surface area contributed by atoms with Crippen molar-refractivity contribution in [2.45, 2.75) is 0 Å². The SMILES string of the molecule is COC(=O)c1ccccc1-c1ccccc1C(=O)Cl. The first kappa shape index (κ1) is 13.3.